The quantitative estimate of drug-likeness (QED) is 0.193. The lowest BCUT2D eigenvalue weighted by molar-refractivity contribution is -0.137. The number of alkyl halides is 3. The molecule has 7 nitrogen and oxygen atoms in total. The van der Waals surface area contributed by atoms with E-state index in [2.05, 4.69) is 21.4 Å². The van der Waals surface area contributed by atoms with Gasteiger partial charge in [0.2, 0.25) is 5.91 Å². The number of likely N-dealkylation sites (tertiary alicyclic amines) is 1. The SMILES string of the molecule is C=CC(=O)N1[C@H](C)CN(C2Sc3c(-c4cc(Cl)c(F)cc4F)c(C(F)(F)F)cc4cnc(=O)n(c34)CC2N2CCCC2)C[C@@H]1C. The maximum Gasteiger partial charge on any atom is 0.417 e. The van der Waals surface area contributed by atoms with E-state index in [4.69, 9.17) is 11.6 Å². The number of hydrogen-bond acceptors (Lipinski definition) is 6. The van der Waals surface area contributed by atoms with E-state index in [0.29, 0.717) is 19.2 Å². The van der Waals surface area contributed by atoms with E-state index in [-0.39, 0.29) is 46.4 Å². The number of thioether (sulfide) groups is 1. The van der Waals surface area contributed by atoms with Gasteiger partial charge in [-0.15, -0.1) is 11.8 Å². The third-order valence-corrected chi connectivity index (χ3v) is 10.7. The van der Waals surface area contributed by atoms with Crippen LogP contribution in [0.3, 0.4) is 0 Å². The normalized spacial score (nSPS) is 24.7. The van der Waals surface area contributed by atoms with Crippen LogP contribution < -0.4 is 5.69 Å². The Morgan fingerprint density at radius 3 is 2.33 bits per heavy atom. The molecule has 3 aliphatic heterocycles. The largest absolute Gasteiger partial charge is 0.417 e. The third kappa shape index (κ3) is 5.66. The minimum Gasteiger partial charge on any atom is -0.331 e. The van der Waals surface area contributed by atoms with E-state index in [9.17, 15) is 27.2 Å². The van der Waals surface area contributed by atoms with Crippen LogP contribution in [0.15, 0.2) is 46.7 Å². The number of hydrogen-bond donors (Lipinski definition) is 0. The molecule has 4 heterocycles. The summed E-state index contributed by atoms with van der Waals surface area (Å²) >= 11 is 7.15. The summed E-state index contributed by atoms with van der Waals surface area (Å²) in [5.41, 5.74) is -2.60. The van der Waals surface area contributed by atoms with Crippen molar-refractivity contribution >= 4 is 40.2 Å². The van der Waals surface area contributed by atoms with Gasteiger partial charge in [-0.05, 0) is 58.0 Å². The second kappa shape index (κ2) is 12.0. The fraction of sp³-hybridized carbons (Fsp3) is 0.452. The Morgan fingerprint density at radius 2 is 1.71 bits per heavy atom. The zero-order valence-electron chi connectivity index (χ0n) is 24.6. The van der Waals surface area contributed by atoms with Crippen molar-refractivity contribution in [3.05, 3.63) is 69.8 Å². The Kier molecular flexibility index (Phi) is 8.51. The topological polar surface area (TPSA) is 61.7 Å². The van der Waals surface area contributed by atoms with Crippen LogP contribution in [0.2, 0.25) is 5.02 Å². The molecule has 2 unspecified atom stereocenters. The predicted molar refractivity (Wildman–Crippen MR) is 163 cm³/mol. The van der Waals surface area contributed by atoms with Crippen molar-refractivity contribution in [1.82, 2.24) is 24.3 Å². The molecule has 2 fully saturated rings. The van der Waals surface area contributed by atoms with Crippen LogP contribution in [0.1, 0.15) is 32.3 Å². The van der Waals surface area contributed by atoms with Crippen LogP contribution in [-0.2, 0) is 17.5 Å². The number of rotatable bonds is 4. The minimum atomic E-state index is -4.94. The Balaban J connectivity index is 1.61. The van der Waals surface area contributed by atoms with E-state index in [0.717, 1.165) is 56.0 Å². The maximum atomic E-state index is 15.5. The van der Waals surface area contributed by atoms with Gasteiger partial charge in [-0.25, -0.2) is 18.6 Å². The molecule has 0 bridgehead atoms. The van der Waals surface area contributed by atoms with Crippen molar-refractivity contribution in [2.75, 3.05) is 26.2 Å². The number of amides is 1. The second-order valence-corrected chi connectivity index (χ2v) is 13.4. The van der Waals surface area contributed by atoms with Crippen LogP contribution in [0, 0.1) is 11.6 Å². The first-order chi connectivity index (χ1) is 21.3. The number of piperazine rings is 1. The van der Waals surface area contributed by atoms with Crippen LogP contribution in [0.4, 0.5) is 22.0 Å². The number of nitrogens with zero attached hydrogens (tertiary/aromatic N) is 5. The molecule has 0 radical (unpaired) electrons. The van der Waals surface area contributed by atoms with Crippen LogP contribution in [-0.4, -0.2) is 79.8 Å². The lowest BCUT2D eigenvalue weighted by Crippen LogP contribution is -2.63. The Hall–Kier alpha value is -3.00. The van der Waals surface area contributed by atoms with Crippen molar-refractivity contribution in [3.63, 3.8) is 0 Å². The highest BCUT2D eigenvalue weighted by molar-refractivity contribution is 8.00. The molecular formula is C31H31ClF5N5O2S. The van der Waals surface area contributed by atoms with Gasteiger partial charge in [0.1, 0.15) is 11.6 Å². The molecule has 45 heavy (non-hydrogen) atoms. The summed E-state index contributed by atoms with van der Waals surface area (Å²) in [7, 11) is 0. The number of aromatic nitrogens is 2. The molecule has 3 aromatic rings. The van der Waals surface area contributed by atoms with E-state index in [1.54, 1.807) is 4.90 Å². The van der Waals surface area contributed by atoms with E-state index in [1.165, 1.54) is 10.6 Å². The Labute approximate surface area is 265 Å². The van der Waals surface area contributed by atoms with Gasteiger partial charge in [0.25, 0.3) is 0 Å². The molecule has 240 valence electrons. The summed E-state index contributed by atoms with van der Waals surface area (Å²) in [6, 6.07) is 1.38. The zero-order valence-corrected chi connectivity index (χ0v) is 26.2. The lowest BCUT2D eigenvalue weighted by atomic mass is 9.96. The molecule has 0 saturated carbocycles. The average molecular weight is 668 g/mol. The highest BCUT2D eigenvalue weighted by Crippen LogP contribution is 2.50. The maximum absolute atomic E-state index is 15.5. The van der Waals surface area contributed by atoms with Gasteiger partial charge < -0.3 is 4.90 Å². The fourth-order valence-corrected chi connectivity index (χ4v) is 8.92. The van der Waals surface area contributed by atoms with Gasteiger partial charge in [0.15, 0.2) is 0 Å². The molecule has 2 saturated heterocycles. The summed E-state index contributed by atoms with van der Waals surface area (Å²) in [5, 5.41) is -0.960. The first-order valence-corrected chi connectivity index (χ1v) is 15.9. The van der Waals surface area contributed by atoms with Crippen LogP contribution in [0.5, 0.6) is 0 Å². The van der Waals surface area contributed by atoms with E-state index >= 15 is 4.39 Å². The van der Waals surface area contributed by atoms with Crippen LogP contribution >= 0.6 is 23.4 Å². The van der Waals surface area contributed by atoms with E-state index < -0.39 is 50.6 Å². The number of carbonyl (C=O) groups is 1. The number of benzene rings is 2. The molecule has 1 aromatic heterocycles. The Bertz CT molecular complexity index is 1730. The minimum absolute atomic E-state index is 0.0394. The lowest BCUT2D eigenvalue weighted by Gasteiger charge is -2.49. The average Bonchev–Trinajstić information content (AvgIpc) is 3.44. The smallest absolute Gasteiger partial charge is 0.331 e. The summed E-state index contributed by atoms with van der Waals surface area (Å²) in [4.78, 5) is 36.2. The van der Waals surface area contributed by atoms with Crippen molar-refractivity contribution < 1.29 is 26.7 Å². The van der Waals surface area contributed by atoms with Gasteiger partial charge >= 0.3 is 11.9 Å². The van der Waals surface area contributed by atoms with Crippen molar-refractivity contribution in [2.45, 2.75) is 67.8 Å². The first kappa shape index (κ1) is 32.0. The molecule has 4 atom stereocenters. The van der Waals surface area contributed by atoms with Crippen LogP contribution in [0.25, 0.3) is 22.0 Å². The summed E-state index contributed by atoms with van der Waals surface area (Å²) < 4.78 is 75.6. The number of halogens is 6. The summed E-state index contributed by atoms with van der Waals surface area (Å²) in [6.07, 6.45) is -0.712. The molecule has 14 heteroatoms. The second-order valence-electron chi connectivity index (χ2n) is 11.9. The van der Waals surface area contributed by atoms with Gasteiger partial charge in [0, 0.05) is 65.4 Å². The predicted octanol–water partition coefficient (Wildman–Crippen LogP) is 6.02. The standard InChI is InChI=1S/C31H31ClF5N5O2S/c1-4-25(43)42-16(2)13-40(14-17(42)3)29-24(39-7-5-6-8-39)15-41-27-18(12-38-30(41)44)9-20(31(35,36)37)26(28(27)45-29)19-10-21(32)23(34)11-22(19)33/h4,9-12,16-17,24,29H,1,5-8,13-15H2,2-3H3/t16-,17+,24?,29?. The molecule has 1 amide bonds. The first-order valence-electron chi connectivity index (χ1n) is 14.7. The molecular weight excluding hydrogens is 637 g/mol. The third-order valence-electron chi connectivity index (χ3n) is 8.97. The van der Waals surface area contributed by atoms with Gasteiger partial charge in [-0.1, -0.05) is 18.2 Å². The van der Waals surface area contributed by atoms with Gasteiger partial charge in [-0.2, -0.15) is 13.2 Å². The molecule has 0 aliphatic carbocycles. The van der Waals surface area contributed by atoms with Gasteiger partial charge in [-0.3, -0.25) is 19.2 Å². The highest BCUT2D eigenvalue weighted by Gasteiger charge is 2.44. The van der Waals surface area contributed by atoms with E-state index in [1.807, 2.05) is 13.8 Å². The van der Waals surface area contributed by atoms with Crippen molar-refractivity contribution in [3.8, 4) is 11.1 Å². The van der Waals surface area contributed by atoms with Gasteiger partial charge in [0.05, 0.1) is 27.5 Å². The molecule has 2 aromatic carbocycles. The molecule has 0 N–H and O–H groups in total. The summed E-state index contributed by atoms with van der Waals surface area (Å²) in [5.74, 6) is -2.53. The highest BCUT2D eigenvalue weighted by atomic mass is 35.5. The molecule has 6 rings (SSSR count). The molecule has 3 aliphatic rings. The zero-order chi connectivity index (χ0) is 32.4. The molecule has 0 spiro atoms. The fourth-order valence-electron chi connectivity index (χ4n) is 7.10. The van der Waals surface area contributed by atoms with Crippen molar-refractivity contribution in [1.29, 1.82) is 0 Å². The van der Waals surface area contributed by atoms with Crippen molar-refractivity contribution in [2.24, 2.45) is 0 Å². The monoisotopic (exact) mass is 667 g/mol. The Morgan fingerprint density at radius 1 is 1.04 bits per heavy atom. The number of carbonyl (C=O) groups excluding carboxylic acids is 1. The summed E-state index contributed by atoms with van der Waals surface area (Å²) in [6.45, 7) is 9.85.